The first-order valence-electron chi connectivity index (χ1n) is 4.79. The molecule has 0 aromatic rings. The zero-order chi connectivity index (χ0) is 8.97. The monoisotopic (exact) mass is 170 g/mol. The van der Waals surface area contributed by atoms with Crippen molar-refractivity contribution in [3.05, 3.63) is 0 Å². The van der Waals surface area contributed by atoms with Crippen LogP contribution in [0.5, 0.6) is 0 Å². The molecule has 1 saturated carbocycles. The molecule has 0 aromatic heterocycles. The second-order valence-corrected chi connectivity index (χ2v) is 3.19. The van der Waals surface area contributed by atoms with Crippen molar-refractivity contribution in [3.63, 3.8) is 0 Å². The fourth-order valence-electron chi connectivity index (χ4n) is 1.36. The quantitative estimate of drug-likeness (QED) is 0.655. The van der Waals surface area contributed by atoms with E-state index in [-0.39, 0.29) is 5.91 Å². The van der Waals surface area contributed by atoms with Gasteiger partial charge in [-0.2, -0.15) is 0 Å². The van der Waals surface area contributed by atoms with E-state index in [9.17, 15) is 4.79 Å². The van der Waals surface area contributed by atoms with E-state index in [4.69, 9.17) is 0 Å². The molecule has 0 aliphatic heterocycles. The molecule has 1 N–H and O–H groups in total. The van der Waals surface area contributed by atoms with Crippen molar-refractivity contribution in [2.45, 2.75) is 32.7 Å². The zero-order valence-corrected chi connectivity index (χ0v) is 7.97. The number of nitrogens with zero attached hydrogens (tertiary/aromatic N) is 1. The SMILES string of the molecule is CCNCC(=O)N(CC)C1CC1. The van der Waals surface area contributed by atoms with E-state index in [2.05, 4.69) is 5.32 Å². The fourth-order valence-corrected chi connectivity index (χ4v) is 1.36. The standard InChI is InChI=1S/C9H18N2O/c1-3-10-7-9(12)11(4-2)8-5-6-8/h8,10H,3-7H2,1-2H3. The summed E-state index contributed by atoms with van der Waals surface area (Å²) in [7, 11) is 0. The molecule has 0 unspecified atom stereocenters. The summed E-state index contributed by atoms with van der Waals surface area (Å²) in [6.07, 6.45) is 2.40. The second kappa shape index (κ2) is 4.45. The summed E-state index contributed by atoms with van der Waals surface area (Å²) in [5.41, 5.74) is 0. The molecule has 3 heteroatoms. The van der Waals surface area contributed by atoms with Crippen LogP contribution in [0, 0.1) is 0 Å². The Labute approximate surface area is 74.1 Å². The Morgan fingerprint density at radius 2 is 2.17 bits per heavy atom. The van der Waals surface area contributed by atoms with E-state index in [1.165, 1.54) is 12.8 Å². The van der Waals surface area contributed by atoms with Crippen LogP contribution in [0.25, 0.3) is 0 Å². The van der Waals surface area contributed by atoms with E-state index in [0.717, 1.165) is 13.1 Å². The maximum absolute atomic E-state index is 11.5. The minimum atomic E-state index is 0.252. The molecule has 0 spiro atoms. The molecule has 0 heterocycles. The van der Waals surface area contributed by atoms with Gasteiger partial charge in [-0.25, -0.2) is 0 Å². The van der Waals surface area contributed by atoms with Gasteiger partial charge in [0.1, 0.15) is 0 Å². The van der Waals surface area contributed by atoms with Crippen LogP contribution in [0.4, 0.5) is 0 Å². The number of likely N-dealkylation sites (N-methyl/N-ethyl adjacent to an activating group) is 2. The summed E-state index contributed by atoms with van der Waals surface area (Å²) in [5, 5.41) is 3.05. The van der Waals surface area contributed by atoms with Gasteiger partial charge >= 0.3 is 0 Å². The lowest BCUT2D eigenvalue weighted by atomic mass is 10.4. The van der Waals surface area contributed by atoms with Crippen LogP contribution < -0.4 is 5.32 Å². The van der Waals surface area contributed by atoms with Gasteiger partial charge < -0.3 is 10.2 Å². The van der Waals surface area contributed by atoms with Crippen molar-refractivity contribution in [1.82, 2.24) is 10.2 Å². The van der Waals surface area contributed by atoms with E-state index < -0.39 is 0 Å². The third-order valence-electron chi connectivity index (χ3n) is 2.17. The minimum absolute atomic E-state index is 0.252. The third-order valence-corrected chi connectivity index (χ3v) is 2.17. The lowest BCUT2D eigenvalue weighted by Gasteiger charge is -2.20. The van der Waals surface area contributed by atoms with Crippen LogP contribution in [0.15, 0.2) is 0 Å². The van der Waals surface area contributed by atoms with E-state index >= 15 is 0 Å². The average molecular weight is 170 g/mol. The molecule has 70 valence electrons. The highest BCUT2D eigenvalue weighted by Gasteiger charge is 2.30. The van der Waals surface area contributed by atoms with Crippen molar-refractivity contribution in [3.8, 4) is 0 Å². The van der Waals surface area contributed by atoms with Gasteiger partial charge in [0.25, 0.3) is 0 Å². The average Bonchev–Trinajstić information content (AvgIpc) is 2.86. The molecule has 0 aromatic carbocycles. The Bertz CT molecular complexity index is 155. The number of nitrogens with one attached hydrogen (secondary N) is 1. The van der Waals surface area contributed by atoms with Gasteiger partial charge in [0.15, 0.2) is 0 Å². The number of hydrogen-bond acceptors (Lipinski definition) is 2. The Hall–Kier alpha value is -0.570. The third kappa shape index (κ3) is 2.48. The Morgan fingerprint density at radius 3 is 2.58 bits per heavy atom. The molecule has 0 bridgehead atoms. The van der Waals surface area contributed by atoms with Gasteiger partial charge in [-0.3, -0.25) is 4.79 Å². The number of carbonyl (C=O) groups excluding carboxylic acids is 1. The summed E-state index contributed by atoms with van der Waals surface area (Å²) in [4.78, 5) is 13.5. The van der Waals surface area contributed by atoms with Gasteiger partial charge in [0.05, 0.1) is 6.54 Å². The van der Waals surface area contributed by atoms with Crippen molar-refractivity contribution in [1.29, 1.82) is 0 Å². The molecule has 12 heavy (non-hydrogen) atoms. The van der Waals surface area contributed by atoms with Crippen molar-refractivity contribution in [2.24, 2.45) is 0 Å². The van der Waals surface area contributed by atoms with Gasteiger partial charge in [-0.05, 0) is 26.3 Å². The first kappa shape index (κ1) is 9.52. The lowest BCUT2D eigenvalue weighted by molar-refractivity contribution is -0.130. The smallest absolute Gasteiger partial charge is 0.236 e. The zero-order valence-electron chi connectivity index (χ0n) is 7.97. The highest BCUT2D eigenvalue weighted by atomic mass is 16.2. The highest BCUT2D eigenvalue weighted by Crippen LogP contribution is 2.26. The number of amides is 1. The lowest BCUT2D eigenvalue weighted by Crippen LogP contribution is -2.39. The maximum Gasteiger partial charge on any atom is 0.236 e. The topological polar surface area (TPSA) is 32.3 Å². The van der Waals surface area contributed by atoms with Crippen LogP contribution in [0.3, 0.4) is 0 Å². The molecule has 0 saturated heterocycles. The first-order valence-corrected chi connectivity index (χ1v) is 4.79. The van der Waals surface area contributed by atoms with Crippen molar-refractivity contribution >= 4 is 5.91 Å². The van der Waals surface area contributed by atoms with E-state index in [1.807, 2.05) is 18.7 Å². The molecule has 1 aliphatic rings. The molecule has 1 aliphatic carbocycles. The molecule has 0 radical (unpaired) electrons. The molecular formula is C9H18N2O. The van der Waals surface area contributed by atoms with E-state index in [0.29, 0.717) is 12.6 Å². The molecule has 0 atom stereocenters. The summed E-state index contributed by atoms with van der Waals surface area (Å²) in [6, 6.07) is 0.557. The fraction of sp³-hybridized carbons (Fsp3) is 0.889. The Morgan fingerprint density at radius 1 is 1.50 bits per heavy atom. The van der Waals surface area contributed by atoms with Crippen LogP contribution in [-0.4, -0.2) is 36.5 Å². The van der Waals surface area contributed by atoms with Crippen LogP contribution >= 0.6 is 0 Å². The second-order valence-electron chi connectivity index (χ2n) is 3.19. The van der Waals surface area contributed by atoms with E-state index in [1.54, 1.807) is 0 Å². The molecule has 1 rings (SSSR count). The van der Waals surface area contributed by atoms with Crippen LogP contribution in [0.1, 0.15) is 26.7 Å². The molecule has 1 amide bonds. The van der Waals surface area contributed by atoms with Crippen LogP contribution in [0.2, 0.25) is 0 Å². The number of hydrogen-bond donors (Lipinski definition) is 1. The van der Waals surface area contributed by atoms with Crippen molar-refractivity contribution < 1.29 is 4.79 Å². The predicted octanol–water partition coefficient (Wildman–Crippen LogP) is 0.607. The normalized spacial score (nSPS) is 16.2. The molecule has 3 nitrogen and oxygen atoms in total. The Balaban J connectivity index is 2.26. The molecule has 1 fully saturated rings. The Kier molecular flexibility index (Phi) is 3.53. The van der Waals surface area contributed by atoms with Gasteiger partial charge in [0.2, 0.25) is 5.91 Å². The maximum atomic E-state index is 11.5. The highest BCUT2D eigenvalue weighted by molar-refractivity contribution is 5.78. The number of carbonyl (C=O) groups is 1. The summed E-state index contributed by atoms with van der Waals surface area (Å²) < 4.78 is 0. The van der Waals surface area contributed by atoms with Crippen molar-refractivity contribution in [2.75, 3.05) is 19.6 Å². The van der Waals surface area contributed by atoms with Crippen LogP contribution in [-0.2, 0) is 4.79 Å². The summed E-state index contributed by atoms with van der Waals surface area (Å²) in [6.45, 7) is 6.28. The molecular weight excluding hydrogens is 152 g/mol. The van der Waals surface area contributed by atoms with Gasteiger partial charge in [-0.15, -0.1) is 0 Å². The summed E-state index contributed by atoms with van der Waals surface area (Å²) in [5.74, 6) is 0.252. The van der Waals surface area contributed by atoms with Gasteiger partial charge in [-0.1, -0.05) is 6.92 Å². The summed E-state index contributed by atoms with van der Waals surface area (Å²) >= 11 is 0. The first-order chi connectivity index (χ1) is 5.79. The largest absolute Gasteiger partial charge is 0.339 e. The number of rotatable bonds is 5. The minimum Gasteiger partial charge on any atom is -0.339 e. The predicted molar refractivity (Wildman–Crippen MR) is 49.0 cm³/mol. The van der Waals surface area contributed by atoms with Gasteiger partial charge in [0, 0.05) is 12.6 Å².